The number of phosphoric ester groups is 2. The lowest BCUT2D eigenvalue weighted by Crippen LogP contribution is -2.30. The third kappa shape index (κ3) is 69.0. The minimum Gasteiger partial charge on any atom is -0.462 e. The average Bonchev–Trinajstić information content (AvgIpc) is 1.73. The summed E-state index contributed by atoms with van der Waals surface area (Å²) in [7, 11) is -9.91. The molecular formula is C76H148O17P2. The molecule has 3 N–H and O–H groups in total. The lowest BCUT2D eigenvalue weighted by atomic mass is 9.99. The van der Waals surface area contributed by atoms with Crippen molar-refractivity contribution < 1.29 is 80.2 Å². The largest absolute Gasteiger partial charge is 0.472 e. The minimum absolute atomic E-state index is 0.106. The van der Waals surface area contributed by atoms with Crippen molar-refractivity contribution >= 4 is 39.5 Å². The molecule has 0 amide bonds. The molecular weight excluding hydrogens is 1250 g/mol. The Morgan fingerprint density at radius 3 is 0.800 bits per heavy atom. The molecule has 95 heavy (non-hydrogen) atoms. The highest BCUT2D eigenvalue weighted by Crippen LogP contribution is 2.45. The van der Waals surface area contributed by atoms with Gasteiger partial charge in [0.2, 0.25) is 0 Å². The van der Waals surface area contributed by atoms with Crippen LogP contribution in [0.2, 0.25) is 0 Å². The molecule has 0 spiro atoms. The lowest BCUT2D eigenvalue weighted by molar-refractivity contribution is -0.161. The molecule has 0 rings (SSSR count). The van der Waals surface area contributed by atoms with Crippen molar-refractivity contribution in [3.8, 4) is 0 Å². The highest BCUT2D eigenvalue weighted by Gasteiger charge is 2.30. The van der Waals surface area contributed by atoms with Gasteiger partial charge in [-0.05, 0) is 37.5 Å². The molecule has 0 aliphatic carbocycles. The molecule has 0 bridgehead atoms. The van der Waals surface area contributed by atoms with Crippen molar-refractivity contribution in [3.63, 3.8) is 0 Å². The van der Waals surface area contributed by atoms with Gasteiger partial charge in [0.1, 0.15) is 19.3 Å². The maximum atomic E-state index is 13.1. The van der Waals surface area contributed by atoms with Crippen molar-refractivity contribution in [2.45, 2.75) is 413 Å². The molecule has 0 saturated heterocycles. The topological polar surface area (TPSA) is 237 Å². The van der Waals surface area contributed by atoms with E-state index in [9.17, 15) is 43.2 Å². The predicted octanol–water partition coefficient (Wildman–Crippen LogP) is 22.3. The van der Waals surface area contributed by atoms with Gasteiger partial charge in [0.25, 0.3) is 0 Å². The van der Waals surface area contributed by atoms with Crippen LogP contribution >= 0.6 is 15.6 Å². The molecule has 0 heterocycles. The second-order valence-corrected chi connectivity index (χ2v) is 31.0. The Kier molecular flexibility index (Phi) is 66.5. The highest BCUT2D eigenvalue weighted by molar-refractivity contribution is 7.47. The number of aliphatic hydroxyl groups is 1. The Bertz CT molecular complexity index is 1840. The lowest BCUT2D eigenvalue weighted by Gasteiger charge is -2.21. The van der Waals surface area contributed by atoms with Gasteiger partial charge < -0.3 is 33.8 Å². The van der Waals surface area contributed by atoms with E-state index in [4.69, 9.17) is 37.0 Å². The molecule has 6 atom stereocenters. The second-order valence-electron chi connectivity index (χ2n) is 28.1. The molecule has 0 aromatic carbocycles. The summed E-state index contributed by atoms with van der Waals surface area (Å²) in [6.45, 7) is 9.59. The highest BCUT2D eigenvalue weighted by atomic mass is 31.2. The van der Waals surface area contributed by atoms with E-state index in [2.05, 4.69) is 41.5 Å². The molecule has 0 fully saturated rings. The van der Waals surface area contributed by atoms with Gasteiger partial charge >= 0.3 is 39.5 Å². The molecule has 17 nitrogen and oxygen atoms in total. The fourth-order valence-electron chi connectivity index (χ4n) is 11.6. The number of hydrogen-bond donors (Lipinski definition) is 3. The van der Waals surface area contributed by atoms with Crippen molar-refractivity contribution in [1.29, 1.82) is 0 Å². The summed E-state index contributed by atoms with van der Waals surface area (Å²) in [6, 6.07) is 0. The number of phosphoric acid groups is 2. The summed E-state index contributed by atoms with van der Waals surface area (Å²) >= 11 is 0. The average molecular weight is 1400 g/mol. The van der Waals surface area contributed by atoms with Crippen LogP contribution in [0.5, 0.6) is 0 Å². The maximum Gasteiger partial charge on any atom is 0.472 e. The van der Waals surface area contributed by atoms with Crippen LogP contribution in [-0.2, 0) is 65.4 Å². The molecule has 0 aliphatic heterocycles. The van der Waals surface area contributed by atoms with E-state index in [1.54, 1.807) is 0 Å². The predicted molar refractivity (Wildman–Crippen MR) is 386 cm³/mol. The quantitative estimate of drug-likeness (QED) is 0.0222. The number of aliphatic hydroxyl groups excluding tert-OH is 1. The van der Waals surface area contributed by atoms with Crippen LogP contribution < -0.4 is 0 Å². The molecule has 0 aliphatic rings. The Balaban J connectivity index is 5.23. The summed E-state index contributed by atoms with van der Waals surface area (Å²) in [5.41, 5.74) is 0. The molecule has 3 unspecified atom stereocenters. The van der Waals surface area contributed by atoms with E-state index in [1.807, 2.05) is 0 Å². The van der Waals surface area contributed by atoms with Crippen LogP contribution in [0.3, 0.4) is 0 Å². The Labute approximate surface area is 581 Å². The van der Waals surface area contributed by atoms with Gasteiger partial charge in [-0.15, -0.1) is 0 Å². The SMILES string of the molecule is CCCCCCCCCCCCCCCCCCC(=O)OC[C@H](COP(=O)(O)OC[C@@H](O)COP(=O)(O)OC[C@@H](COC(=O)CCCCCCCCCC(C)C)OC(=O)CCCCCCCCCCCCC)OC(=O)CCCCCCCCCCCCCCCCC(C)CC. The monoisotopic (exact) mass is 1400 g/mol. The Morgan fingerprint density at radius 1 is 0.305 bits per heavy atom. The van der Waals surface area contributed by atoms with E-state index in [1.165, 1.54) is 205 Å². The van der Waals surface area contributed by atoms with Crippen LogP contribution in [0.25, 0.3) is 0 Å². The van der Waals surface area contributed by atoms with Crippen LogP contribution in [-0.4, -0.2) is 96.7 Å². The number of unbranched alkanes of at least 4 members (excludes halogenated alkanes) is 44. The summed E-state index contributed by atoms with van der Waals surface area (Å²) in [4.78, 5) is 72.8. The van der Waals surface area contributed by atoms with Crippen molar-refractivity contribution in [2.24, 2.45) is 11.8 Å². The number of hydrogen-bond acceptors (Lipinski definition) is 15. The van der Waals surface area contributed by atoms with E-state index in [-0.39, 0.29) is 25.7 Å². The normalized spacial score (nSPS) is 14.3. The van der Waals surface area contributed by atoms with Gasteiger partial charge in [-0.3, -0.25) is 37.3 Å². The van der Waals surface area contributed by atoms with E-state index in [0.29, 0.717) is 31.6 Å². The molecule has 0 radical (unpaired) electrons. The Morgan fingerprint density at radius 2 is 0.537 bits per heavy atom. The summed E-state index contributed by atoms with van der Waals surface area (Å²) in [6.07, 6.45) is 55.4. The first kappa shape index (κ1) is 93.1. The smallest absolute Gasteiger partial charge is 0.462 e. The zero-order chi connectivity index (χ0) is 70.0. The first-order valence-electron chi connectivity index (χ1n) is 39.5. The summed E-state index contributed by atoms with van der Waals surface area (Å²) in [5.74, 6) is -0.564. The zero-order valence-corrected chi connectivity index (χ0v) is 63.8. The van der Waals surface area contributed by atoms with Gasteiger partial charge in [-0.1, -0.05) is 343 Å². The van der Waals surface area contributed by atoms with Gasteiger partial charge in [-0.25, -0.2) is 9.13 Å². The minimum atomic E-state index is -4.96. The number of esters is 4. The summed E-state index contributed by atoms with van der Waals surface area (Å²) in [5, 5.41) is 10.6. The van der Waals surface area contributed by atoms with Crippen LogP contribution in [0.1, 0.15) is 395 Å². The maximum absolute atomic E-state index is 13.1. The third-order valence-electron chi connectivity index (χ3n) is 18.1. The molecule has 0 aromatic heterocycles. The Hall–Kier alpha value is -1.94. The van der Waals surface area contributed by atoms with Crippen molar-refractivity contribution in [2.75, 3.05) is 39.6 Å². The number of carbonyl (C=O) groups is 4. The van der Waals surface area contributed by atoms with Crippen molar-refractivity contribution in [3.05, 3.63) is 0 Å². The van der Waals surface area contributed by atoms with Gasteiger partial charge in [0.05, 0.1) is 26.4 Å². The molecule has 19 heteroatoms. The van der Waals surface area contributed by atoms with Gasteiger partial charge in [0, 0.05) is 25.7 Å². The second kappa shape index (κ2) is 67.9. The molecule has 0 saturated carbocycles. The third-order valence-corrected chi connectivity index (χ3v) is 20.0. The summed E-state index contributed by atoms with van der Waals surface area (Å²) < 4.78 is 68.5. The van der Waals surface area contributed by atoms with E-state index >= 15 is 0 Å². The first-order chi connectivity index (χ1) is 45.9. The van der Waals surface area contributed by atoms with Gasteiger partial charge in [0.15, 0.2) is 12.2 Å². The number of carbonyl (C=O) groups excluding carboxylic acids is 4. The number of ether oxygens (including phenoxy) is 4. The van der Waals surface area contributed by atoms with Crippen molar-refractivity contribution in [1.82, 2.24) is 0 Å². The standard InChI is InChI=1S/C76H148O17P2/c1-7-10-12-14-16-18-20-21-22-23-27-31-34-40-46-52-58-73(78)86-64-71(92-76(81)61-55-49-42-36-32-28-25-24-26-30-33-39-45-51-57-69(6)9-3)66-90-94(82,83)88-62-70(77)63-89-95(84,85)91-67-72(65-87-74(79)59-53-47-43-37-38-44-50-56-68(4)5)93-75(80)60-54-48-41-35-29-19-17-15-13-11-8-2/h68-72,77H,7-67H2,1-6H3,(H,82,83)(H,84,85)/t69?,70-,71-,72-/m1/s1. The first-order valence-corrected chi connectivity index (χ1v) is 42.5. The fraction of sp³-hybridized carbons (Fsp3) is 0.947. The zero-order valence-electron chi connectivity index (χ0n) is 62.0. The van der Waals surface area contributed by atoms with E-state index in [0.717, 1.165) is 102 Å². The van der Waals surface area contributed by atoms with Crippen LogP contribution in [0.4, 0.5) is 0 Å². The van der Waals surface area contributed by atoms with Crippen LogP contribution in [0.15, 0.2) is 0 Å². The molecule has 564 valence electrons. The van der Waals surface area contributed by atoms with Gasteiger partial charge in [-0.2, -0.15) is 0 Å². The number of rotatable bonds is 75. The fourth-order valence-corrected chi connectivity index (χ4v) is 13.2. The van der Waals surface area contributed by atoms with E-state index < -0.39 is 97.5 Å². The van der Waals surface area contributed by atoms with Crippen LogP contribution in [0, 0.1) is 11.8 Å². The molecule has 0 aromatic rings.